The molecule has 0 unspecified atom stereocenters. The lowest BCUT2D eigenvalue weighted by molar-refractivity contribution is -0.137. The number of nitrogens with one attached hydrogen (secondary N) is 1. The Hall–Kier alpha value is -1.94. The van der Waals surface area contributed by atoms with Crippen molar-refractivity contribution in [3.05, 3.63) is 11.8 Å². The maximum Gasteiger partial charge on any atom is 0.303 e. The molecule has 0 aliphatic rings. The molecule has 0 radical (unpaired) electrons. The van der Waals surface area contributed by atoms with Crippen LogP contribution in [0.1, 0.15) is 18.6 Å². The number of likely N-dealkylation sites (N-methyl/N-ethyl adjacent to an activating group) is 1. The first-order valence-corrected chi connectivity index (χ1v) is 7.70. The molecule has 1 aromatic rings. The summed E-state index contributed by atoms with van der Waals surface area (Å²) >= 11 is 0. The number of carbonyl (C=O) groups excluding carboxylic acids is 1. The summed E-state index contributed by atoms with van der Waals surface area (Å²) in [5.41, 5.74) is 0. The molecule has 118 valence electrons. The molecule has 0 bridgehead atoms. The summed E-state index contributed by atoms with van der Waals surface area (Å²) in [6, 6.07) is 1.50. The standard InChI is InChI=1S/C11H17N3O6S/c1-8-6-9(13-20-8)12-10(15)7-14(2)21(18,19)5-3-4-11(16)17/h6H,3-5,7H2,1-2H3,(H,16,17)(H,12,13,15). The van der Waals surface area contributed by atoms with Gasteiger partial charge in [-0.1, -0.05) is 5.16 Å². The number of carbonyl (C=O) groups is 2. The molecule has 0 fully saturated rings. The summed E-state index contributed by atoms with van der Waals surface area (Å²) in [4.78, 5) is 22.0. The second-order valence-electron chi connectivity index (χ2n) is 4.44. The summed E-state index contributed by atoms with van der Waals surface area (Å²) in [5, 5.41) is 14.4. The molecule has 0 aromatic carbocycles. The highest BCUT2D eigenvalue weighted by molar-refractivity contribution is 7.89. The van der Waals surface area contributed by atoms with Crippen molar-refractivity contribution in [1.82, 2.24) is 9.46 Å². The van der Waals surface area contributed by atoms with Crippen molar-refractivity contribution in [3.8, 4) is 0 Å². The SMILES string of the molecule is Cc1cc(NC(=O)CN(C)S(=O)(=O)CCCC(=O)O)no1. The Kier molecular flexibility index (Phi) is 5.85. The van der Waals surface area contributed by atoms with Gasteiger partial charge < -0.3 is 14.9 Å². The predicted octanol–water partition coefficient (Wildman–Crippen LogP) is 0.0479. The molecule has 1 aromatic heterocycles. The number of amides is 1. The fraction of sp³-hybridized carbons (Fsp3) is 0.545. The zero-order chi connectivity index (χ0) is 16.0. The van der Waals surface area contributed by atoms with Gasteiger partial charge in [-0.2, -0.15) is 4.31 Å². The van der Waals surface area contributed by atoms with Gasteiger partial charge in [-0.05, 0) is 13.3 Å². The van der Waals surface area contributed by atoms with E-state index in [2.05, 4.69) is 10.5 Å². The van der Waals surface area contributed by atoms with E-state index in [-0.39, 0.29) is 31.0 Å². The van der Waals surface area contributed by atoms with E-state index in [1.165, 1.54) is 13.1 Å². The summed E-state index contributed by atoms with van der Waals surface area (Å²) < 4.78 is 29.3. The average Bonchev–Trinajstić information content (AvgIpc) is 2.73. The number of aliphatic carboxylic acids is 1. The predicted molar refractivity (Wildman–Crippen MR) is 73.2 cm³/mol. The molecule has 0 saturated heterocycles. The molecule has 0 spiro atoms. The number of aryl methyl sites for hydroxylation is 1. The first-order valence-electron chi connectivity index (χ1n) is 6.09. The van der Waals surface area contributed by atoms with E-state index >= 15 is 0 Å². The van der Waals surface area contributed by atoms with Gasteiger partial charge >= 0.3 is 5.97 Å². The van der Waals surface area contributed by atoms with Crippen molar-refractivity contribution in [3.63, 3.8) is 0 Å². The van der Waals surface area contributed by atoms with Crippen LogP contribution in [0.5, 0.6) is 0 Å². The van der Waals surface area contributed by atoms with Gasteiger partial charge in [0.25, 0.3) is 0 Å². The van der Waals surface area contributed by atoms with Crippen LogP contribution in [0.4, 0.5) is 5.82 Å². The highest BCUT2D eigenvalue weighted by Gasteiger charge is 2.21. The monoisotopic (exact) mass is 319 g/mol. The van der Waals surface area contributed by atoms with Crippen molar-refractivity contribution in [2.24, 2.45) is 0 Å². The molecule has 1 rings (SSSR count). The van der Waals surface area contributed by atoms with Crippen molar-refractivity contribution in [2.45, 2.75) is 19.8 Å². The van der Waals surface area contributed by atoms with Crippen LogP contribution < -0.4 is 5.32 Å². The molecule has 9 nitrogen and oxygen atoms in total. The molecular weight excluding hydrogens is 302 g/mol. The molecule has 10 heteroatoms. The van der Waals surface area contributed by atoms with Crippen molar-refractivity contribution in [1.29, 1.82) is 0 Å². The van der Waals surface area contributed by atoms with E-state index in [1.54, 1.807) is 6.92 Å². The molecule has 21 heavy (non-hydrogen) atoms. The molecule has 0 atom stereocenters. The molecule has 2 N–H and O–H groups in total. The lowest BCUT2D eigenvalue weighted by Gasteiger charge is -2.15. The van der Waals surface area contributed by atoms with E-state index in [4.69, 9.17) is 9.63 Å². The minimum atomic E-state index is -3.67. The Morgan fingerprint density at radius 2 is 2.14 bits per heavy atom. The van der Waals surface area contributed by atoms with E-state index < -0.39 is 21.9 Å². The van der Waals surface area contributed by atoms with Crippen molar-refractivity contribution < 1.29 is 27.6 Å². The maximum atomic E-state index is 11.8. The fourth-order valence-corrected chi connectivity index (χ4v) is 2.60. The number of carboxylic acids is 1. The van der Waals surface area contributed by atoms with Crippen LogP contribution in [0.2, 0.25) is 0 Å². The summed E-state index contributed by atoms with van der Waals surface area (Å²) in [6.45, 7) is 1.27. The number of aromatic nitrogens is 1. The normalized spacial score (nSPS) is 11.6. The minimum absolute atomic E-state index is 0.00783. The van der Waals surface area contributed by atoms with Crippen LogP contribution in [-0.2, 0) is 19.6 Å². The van der Waals surface area contributed by atoms with Crippen LogP contribution in [0.3, 0.4) is 0 Å². The lowest BCUT2D eigenvalue weighted by Crippen LogP contribution is -2.36. The number of carboxylic acid groups (broad SMARTS) is 1. The van der Waals surface area contributed by atoms with Gasteiger partial charge in [0, 0.05) is 19.5 Å². The Morgan fingerprint density at radius 3 is 2.67 bits per heavy atom. The Labute approximate surface area is 122 Å². The van der Waals surface area contributed by atoms with Gasteiger partial charge in [0.2, 0.25) is 15.9 Å². The maximum absolute atomic E-state index is 11.8. The van der Waals surface area contributed by atoms with Crippen LogP contribution in [0.25, 0.3) is 0 Å². The van der Waals surface area contributed by atoms with Gasteiger partial charge in [-0.25, -0.2) is 8.42 Å². The van der Waals surface area contributed by atoms with E-state index in [9.17, 15) is 18.0 Å². The van der Waals surface area contributed by atoms with Crippen LogP contribution >= 0.6 is 0 Å². The Bertz CT molecular complexity index is 609. The number of sulfonamides is 1. The summed E-state index contributed by atoms with van der Waals surface area (Å²) in [7, 11) is -2.42. The molecule has 1 amide bonds. The largest absolute Gasteiger partial charge is 0.481 e. The molecular formula is C11H17N3O6S. The molecule has 0 aliphatic heterocycles. The zero-order valence-corrected chi connectivity index (χ0v) is 12.5. The summed E-state index contributed by atoms with van der Waals surface area (Å²) in [5.74, 6) is -1.24. The van der Waals surface area contributed by atoms with Crippen LogP contribution in [0, 0.1) is 6.92 Å². The van der Waals surface area contributed by atoms with Crippen molar-refractivity contribution >= 4 is 27.7 Å². The first-order chi connectivity index (χ1) is 9.70. The Balaban J connectivity index is 2.48. The van der Waals surface area contributed by atoms with Gasteiger partial charge in [-0.3, -0.25) is 9.59 Å². The van der Waals surface area contributed by atoms with Crippen LogP contribution in [0.15, 0.2) is 10.6 Å². The van der Waals surface area contributed by atoms with Crippen molar-refractivity contribution in [2.75, 3.05) is 24.7 Å². The smallest absolute Gasteiger partial charge is 0.303 e. The Morgan fingerprint density at radius 1 is 1.48 bits per heavy atom. The third kappa shape index (κ3) is 5.92. The number of rotatable bonds is 8. The van der Waals surface area contributed by atoms with E-state index in [1.807, 2.05) is 0 Å². The van der Waals surface area contributed by atoms with Gasteiger partial charge in [-0.15, -0.1) is 0 Å². The number of anilines is 1. The third-order valence-electron chi connectivity index (χ3n) is 2.53. The van der Waals surface area contributed by atoms with E-state index in [0.717, 1.165) is 4.31 Å². The van der Waals surface area contributed by atoms with Gasteiger partial charge in [0.15, 0.2) is 5.82 Å². The lowest BCUT2D eigenvalue weighted by atomic mass is 10.3. The summed E-state index contributed by atoms with van der Waals surface area (Å²) in [6.07, 6.45) is -0.246. The minimum Gasteiger partial charge on any atom is -0.481 e. The number of nitrogens with zero attached hydrogens (tertiary/aromatic N) is 2. The third-order valence-corrected chi connectivity index (χ3v) is 4.41. The molecule has 0 saturated carbocycles. The van der Waals surface area contributed by atoms with Gasteiger partial charge in [0.1, 0.15) is 5.76 Å². The number of hydrogen-bond acceptors (Lipinski definition) is 6. The second-order valence-corrected chi connectivity index (χ2v) is 6.64. The van der Waals surface area contributed by atoms with Crippen LogP contribution in [-0.4, -0.2) is 54.2 Å². The molecule has 1 heterocycles. The highest BCUT2D eigenvalue weighted by atomic mass is 32.2. The van der Waals surface area contributed by atoms with Gasteiger partial charge in [0.05, 0.1) is 12.3 Å². The zero-order valence-electron chi connectivity index (χ0n) is 11.7. The quantitative estimate of drug-likeness (QED) is 0.692. The average molecular weight is 319 g/mol. The second kappa shape index (κ2) is 7.18. The van der Waals surface area contributed by atoms with E-state index in [0.29, 0.717) is 5.76 Å². The molecule has 0 aliphatic carbocycles. The fourth-order valence-electron chi connectivity index (χ4n) is 1.47. The first kappa shape index (κ1) is 17.1. The highest BCUT2D eigenvalue weighted by Crippen LogP contribution is 2.08. The number of hydrogen-bond donors (Lipinski definition) is 2. The topological polar surface area (TPSA) is 130 Å².